The monoisotopic (exact) mass is 624 g/mol. The molecule has 11 heteroatoms. The second kappa shape index (κ2) is 10.6. The van der Waals surface area contributed by atoms with Gasteiger partial charge in [-0.25, -0.2) is 19.7 Å². The highest BCUT2D eigenvalue weighted by atomic mass is 32.2. The number of amides is 1. The standard InChI is InChI=1S/C33H34N7O2S2/c1-6-40(7-2)31(41)44-32(3,4)33(39-40,22-11-15-25-27(17-22)38-30(36-25)28-18-43-19-34-28)21-10-14-24-26(16-21)37-29(35-24)20-8-12-23(42-5)13-9-20/h8-19,39H,6-7H2,1-5H3,(H,35,37)(H,36,38)/q+1. The maximum atomic E-state index is 13.7. The van der Waals surface area contributed by atoms with Gasteiger partial charge in [0.2, 0.25) is 0 Å². The first kappa shape index (κ1) is 28.7. The highest BCUT2D eigenvalue weighted by Gasteiger charge is 2.61. The van der Waals surface area contributed by atoms with E-state index in [1.54, 1.807) is 18.4 Å². The van der Waals surface area contributed by atoms with E-state index in [4.69, 9.17) is 14.7 Å². The van der Waals surface area contributed by atoms with Crippen LogP contribution in [-0.4, -0.2) is 59.7 Å². The normalized spacial score (nSPS) is 19.5. The lowest BCUT2D eigenvalue weighted by Crippen LogP contribution is -2.75. The first-order chi connectivity index (χ1) is 21.2. The van der Waals surface area contributed by atoms with Crippen LogP contribution < -0.4 is 10.2 Å². The maximum Gasteiger partial charge on any atom is 0.394 e. The fourth-order valence-corrected chi connectivity index (χ4v) is 8.22. The van der Waals surface area contributed by atoms with Crippen molar-refractivity contribution in [1.82, 2.24) is 30.3 Å². The molecule has 1 saturated heterocycles. The Labute approximate surface area is 263 Å². The molecular formula is C33H34N7O2S2+. The number of benzene rings is 3. The van der Waals surface area contributed by atoms with Gasteiger partial charge in [0.1, 0.15) is 35.9 Å². The highest BCUT2D eigenvalue weighted by molar-refractivity contribution is 8.14. The average molecular weight is 625 g/mol. The van der Waals surface area contributed by atoms with Crippen molar-refractivity contribution in [3.63, 3.8) is 0 Å². The largest absolute Gasteiger partial charge is 0.497 e. The number of hydrogen-bond acceptors (Lipinski definition) is 8. The topological polar surface area (TPSA) is 109 Å². The molecule has 1 unspecified atom stereocenters. The van der Waals surface area contributed by atoms with E-state index in [1.807, 2.05) is 35.2 Å². The Balaban J connectivity index is 1.42. The van der Waals surface area contributed by atoms with Gasteiger partial charge in [-0.3, -0.25) is 0 Å². The minimum Gasteiger partial charge on any atom is -0.497 e. The van der Waals surface area contributed by atoms with Gasteiger partial charge in [-0.2, -0.15) is 4.59 Å². The van der Waals surface area contributed by atoms with Gasteiger partial charge in [0.15, 0.2) is 5.82 Å². The number of aromatic amines is 2. The molecular weight excluding hydrogens is 591 g/mol. The number of fused-ring (bicyclic) bond motifs is 2. The maximum absolute atomic E-state index is 13.7. The minimum absolute atomic E-state index is 0.119. The molecule has 3 N–H and O–H groups in total. The number of imidazole rings is 2. The van der Waals surface area contributed by atoms with Gasteiger partial charge in [0, 0.05) is 10.9 Å². The molecule has 224 valence electrons. The van der Waals surface area contributed by atoms with Crippen LogP contribution in [0.25, 0.3) is 45.0 Å². The summed E-state index contributed by atoms with van der Waals surface area (Å²) in [6.07, 6.45) is 0. The zero-order valence-electron chi connectivity index (χ0n) is 25.3. The minimum atomic E-state index is -0.753. The van der Waals surface area contributed by atoms with Gasteiger partial charge in [0.05, 0.1) is 39.4 Å². The molecule has 6 aromatic rings. The molecule has 44 heavy (non-hydrogen) atoms. The van der Waals surface area contributed by atoms with Crippen LogP contribution in [0.3, 0.4) is 0 Å². The molecule has 0 saturated carbocycles. The zero-order chi connectivity index (χ0) is 30.7. The van der Waals surface area contributed by atoms with Crippen molar-refractivity contribution in [2.45, 2.75) is 38.0 Å². The van der Waals surface area contributed by atoms with E-state index in [-0.39, 0.29) is 9.83 Å². The van der Waals surface area contributed by atoms with Crippen LogP contribution in [0.4, 0.5) is 4.79 Å². The second-order valence-corrected chi connectivity index (χ2v) is 13.9. The van der Waals surface area contributed by atoms with Crippen molar-refractivity contribution < 1.29 is 14.1 Å². The predicted molar refractivity (Wildman–Crippen MR) is 178 cm³/mol. The summed E-state index contributed by atoms with van der Waals surface area (Å²) in [6.45, 7) is 9.67. The van der Waals surface area contributed by atoms with Gasteiger partial charge in [-0.15, -0.1) is 16.8 Å². The van der Waals surface area contributed by atoms with Gasteiger partial charge in [-0.1, -0.05) is 12.1 Å². The van der Waals surface area contributed by atoms with Gasteiger partial charge in [-0.05, 0) is 99.1 Å². The van der Waals surface area contributed by atoms with Crippen molar-refractivity contribution in [1.29, 1.82) is 0 Å². The second-order valence-electron chi connectivity index (χ2n) is 11.6. The quantitative estimate of drug-likeness (QED) is 0.158. The number of aromatic nitrogens is 5. The molecule has 3 aromatic heterocycles. The lowest BCUT2D eigenvalue weighted by Gasteiger charge is -2.55. The Hall–Kier alpha value is -4.03. The van der Waals surface area contributed by atoms with E-state index in [9.17, 15) is 4.79 Å². The lowest BCUT2D eigenvalue weighted by molar-refractivity contribution is -0.894. The number of carbonyl (C=O) groups is 1. The summed E-state index contributed by atoms with van der Waals surface area (Å²) in [5, 5.41) is 2.11. The molecule has 1 fully saturated rings. The van der Waals surface area contributed by atoms with Crippen LogP contribution in [0.5, 0.6) is 5.75 Å². The number of thioether (sulfide) groups is 1. The third-order valence-corrected chi connectivity index (χ3v) is 10.9. The van der Waals surface area contributed by atoms with Gasteiger partial charge >= 0.3 is 5.24 Å². The van der Waals surface area contributed by atoms with Crippen molar-refractivity contribution in [3.8, 4) is 28.7 Å². The molecule has 9 nitrogen and oxygen atoms in total. The highest BCUT2D eigenvalue weighted by Crippen LogP contribution is 2.53. The average Bonchev–Trinajstić information content (AvgIpc) is 3.80. The van der Waals surface area contributed by atoms with E-state index >= 15 is 0 Å². The van der Waals surface area contributed by atoms with Crippen LogP contribution >= 0.6 is 23.1 Å². The Morgan fingerprint density at radius 3 is 2.05 bits per heavy atom. The number of thiazole rings is 1. The lowest BCUT2D eigenvalue weighted by atomic mass is 9.73. The van der Waals surface area contributed by atoms with Crippen molar-refractivity contribution >= 4 is 50.4 Å². The van der Waals surface area contributed by atoms with E-state index in [2.05, 4.69) is 84.5 Å². The molecule has 1 aliphatic rings. The molecule has 0 radical (unpaired) electrons. The van der Waals surface area contributed by atoms with Crippen molar-refractivity contribution in [3.05, 3.63) is 82.7 Å². The number of carbonyl (C=O) groups excluding carboxylic acids is 1. The molecule has 1 amide bonds. The number of rotatable bonds is 7. The number of ether oxygens (including phenoxy) is 1. The summed E-state index contributed by atoms with van der Waals surface area (Å²) in [4.78, 5) is 34.9. The summed E-state index contributed by atoms with van der Waals surface area (Å²) in [5.74, 6) is 2.33. The number of hydrogen-bond donors (Lipinski definition) is 3. The number of H-pyrrole nitrogens is 2. The summed E-state index contributed by atoms with van der Waals surface area (Å²) in [7, 11) is 1.66. The number of quaternary nitrogens is 1. The van der Waals surface area contributed by atoms with Crippen molar-refractivity contribution in [2.75, 3.05) is 20.2 Å². The first-order valence-corrected chi connectivity index (χ1v) is 16.4. The number of nitrogens with zero attached hydrogens (tertiary/aromatic N) is 4. The zero-order valence-corrected chi connectivity index (χ0v) is 26.9. The molecule has 7 rings (SSSR count). The van der Waals surface area contributed by atoms with Crippen LogP contribution in [0.2, 0.25) is 0 Å². The fourth-order valence-electron chi connectivity index (χ4n) is 6.34. The predicted octanol–water partition coefficient (Wildman–Crippen LogP) is 7.49. The molecule has 1 atom stereocenters. The summed E-state index contributed by atoms with van der Waals surface area (Å²) >= 11 is 2.96. The third kappa shape index (κ3) is 4.37. The number of methoxy groups -OCH3 is 1. The molecule has 1 aliphatic heterocycles. The Kier molecular flexibility index (Phi) is 6.89. The number of nitrogens with one attached hydrogen (secondary N) is 3. The van der Waals surface area contributed by atoms with E-state index in [0.29, 0.717) is 13.1 Å². The Bertz CT molecular complexity index is 1990. The Morgan fingerprint density at radius 1 is 0.864 bits per heavy atom. The van der Waals surface area contributed by atoms with E-state index in [0.717, 1.165) is 61.8 Å². The van der Waals surface area contributed by atoms with E-state index in [1.165, 1.54) is 11.8 Å². The van der Waals surface area contributed by atoms with Crippen LogP contribution in [0.1, 0.15) is 38.8 Å². The van der Waals surface area contributed by atoms with E-state index < -0.39 is 10.3 Å². The SMILES string of the molecule is CC[N+]1(CC)NC(c2ccc3nc(-c4ccc(OC)cc4)[nH]c3c2)(c2ccc3nc(-c4cscn4)[nH]c3c2)C(C)(C)SC1=O. The summed E-state index contributed by atoms with van der Waals surface area (Å²) in [6, 6.07) is 20.6. The van der Waals surface area contributed by atoms with Crippen LogP contribution in [-0.2, 0) is 5.54 Å². The van der Waals surface area contributed by atoms with Gasteiger partial charge in [0.25, 0.3) is 0 Å². The summed E-state index contributed by atoms with van der Waals surface area (Å²) < 4.78 is 4.92. The third-order valence-electron chi connectivity index (χ3n) is 8.92. The molecule has 4 heterocycles. The molecule has 0 aliphatic carbocycles. The summed E-state index contributed by atoms with van der Waals surface area (Å²) in [5.41, 5.74) is 12.5. The van der Waals surface area contributed by atoms with Gasteiger partial charge < -0.3 is 14.7 Å². The Morgan fingerprint density at radius 2 is 1.48 bits per heavy atom. The van der Waals surface area contributed by atoms with Crippen LogP contribution in [0.15, 0.2) is 71.6 Å². The first-order valence-electron chi connectivity index (χ1n) is 14.7. The smallest absolute Gasteiger partial charge is 0.394 e. The fraction of sp³-hybridized carbons (Fsp3) is 0.273. The van der Waals surface area contributed by atoms with Crippen molar-refractivity contribution in [2.24, 2.45) is 0 Å². The molecule has 0 spiro atoms. The van der Waals surface area contributed by atoms with Crippen LogP contribution in [0, 0.1) is 0 Å². The molecule has 0 bridgehead atoms. The molecule has 3 aromatic carbocycles.